The predicted molar refractivity (Wildman–Crippen MR) is 98.9 cm³/mol. The molecule has 21 heavy (non-hydrogen) atoms. The fraction of sp³-hybridized carbons (Fsp3) is 0. The Balaban J connectivity index is 2.11. The summed E-state index contributed by atoms with van der Waals surface area (Å²) in [6.07, 6.45) is 0. The van der Waals surface area contributed by atoms with Gasteiger partial charge in [-0.05, 0) is 83.3 Å². The summed E-state index contributed by atoms with van der Waals surface area (Å²) >= 11 is 8.33. The van der Waals surface area contributed by atoms with Crippen molar-refractivity contribution >= 4 is 51.3 Å². The van der Waals surface area contributed by atoms with E-state index in [9.17, 15) is 0 Å². The van der Waals surface area contributed by atoms with Crippen LogP contribution in [0.3, 0.4) is 0 Å². The highest BCUT2D eigenvalue weighted by atomic mass is 127. The normalized spacial score (nSPS) is 10.4. The Morgan fingerprint density at radius 1 is 0.619 bits per heavy atom. The van der Waals surface area contributed by atoms with Crippen LogP contribution in [0.15, 0.2) is 78.9 Å². The minimum absolute atomic E-state index is 0.745. The molecule has 0 bridgehead atoms. The lowest BCUT2D eigenvalue weighted by atomic mass is 10.2. The maximum absolute atomic E-state index is 6.01. The van der Waals surface area contributed by atoms with Crippen LogP contribution in [0.2, 0.25) is 5.02 Å². The molecule has 0 heterocycles. The molecule has 0 amide bonds. The summed E-state index contributed by atoms with van der Waals surface area (Å²) in [6, 6.07) is 26.7. The van der Waals surface area contributed by atoms with E-state index in [-0.39, 0.29) is 0 Å². The van der Waals surface area contributed by atoms with Crippen molar-refractivity contribution in [2.75, 3.05) is 4.90 Å². The van der Waals surface area contributed by atoms with E-state index in [1.165, 1.54) is 3.57 Å². The van der Waals surface area contributed by atoms with E-state index in [1.807, 2.05) is 42.5 Å². The van der Waals surface area contributed by atoms with E-state index in [2.05, 4.69) is 63.9 Å². The Kier molecular flexibility index (Phi) is 4.46. The maximum atomic E-state index is 6.01. The third-order valence-electron chi connectivity index (χ3n) is 3.18. The van der Waals surface area contributed by atoms with Gasteiger partial charge in [0, 0.05) is 25.7 Å². The van der Waals surface area contributed by atoms with Gasteiger partial charge in [-0.2, -0.15) is 0 Å². The number of rotatable bonds is 3. The second kappa shape index (κ2) is 6.50. The Labute approximate surface area is 143 Å². The lowest BCUT2D eigenvalue weighted by molar-refractivity contribution is 1.28. The zero-order chi connectivity index (χ0) is 14.7. The lowest BCUT2D eigenvalue weighted by Crippen LogP contribution is -2.09. The summed E-state index contributed by atoms with van der Waals surface area (Å²) < 4.78 is 1.22. The minimum atomic E-state index is 0.745. The van der Waals surface area contributed by atoms with Crippen molar-refractivity contribution in [3.8, 4) is 0 Å². The molecule has 0 aliphatic carbocycles. The number of hydrogen-bond donors (Lipinski definition) is 0. The smallest absolute Gasteiger partial charge is 0.0462 e. The number of benzene rings is 3. The molecule has 0 aliphatic rings. The van der Waals surface area contributed by atoms with Crippen LogP contribution in [0.4, 0.5) is 17.1 Å². The third kappa shape index (κ3) is 3.39. The summed E-state index contributed by atoms with van der Waals surface area (Å²) in [6.45, 7) is 0. The van der Waals surface area contributed by atoms with Crippen LogP contribution in [0.25, 0.3) is 0 Å². The van der Waals surface area contributed by atoms with Crippen LogP contribution in [0.5, 0.6) is 0 Å². The van der Waals surface area contributed by atoms with Gasteiger partial charge in [0.05, 0.1) is 0 Å². The van der Waals surface area contributed by atoms with Gasteiger partial charge in [0.25, 0.3) is 0 Å². The quantitative estimate of drug-likeness (QED) is 0.455. The highest BCUT2D eigenvalue weighted by Crippen LogP contribution is 2.34. The Bertz CT molecular complexity index is 663. The van der Waals surface area contributed by atoms with Gasteiger partial charge in [0.1, 0.15) is 0 Å². The fourth-order valence-electron chi connectivity index (χ4n) is 2.20. The molecule has 0 unspecified atom stereocenters. The first-order valence-corrected chi connectivity index (χ1v) is 8.06. The van der Waals surface area contributed by atoms with Gasteiger partial charge < -0.3 is 4.90 Å². The molecule has 0 fully saturated rings. The van der Waals surface area contributed by atoms with Crippen molar-refractivity contribution in [3.63, 3.8) is 0 Å². The van der Waals surface area contributed by atoms with Crippen LogP contribution < -0.4 is 4.90 Å². The molecular weight excluding hydrogens is 393 g/mol. The monoisotopic (exact) mass is 405 g/mol. The number of anilines is 3. The molecule has 3 aromatic carbocycles. The van der Waals surface area contributed by atoms with Crippen molar-refractivity contribution in [2.45, 2.75) is 0 Å². The molecular formula is C18H13ClIN. The maximum Gasteiger partial charge on any atom is 0.0462 e. The summed E-state index contributed by atoms with van der Waals surface area (Å²) in [5.74, 6) is 0. The molecule has 0 radical (unpaired) electrons. The molecule has 104 valence electrons. The average molecular weight is 406 g/mol. The highest BCUT2D eigenvalue weighted by Gasteiger charge is 2.11. The van der Waals surface area contributed by atoms with Crippen molar-refractivity contribution in [3.05, 3.63) is 87.5 Å². The zero-order valence-corrected chi connectivity index (χ0v) is 14.1. The zero-order valence-electron chi connectivity index (χ0n) is 11.2. The van der Waals surface area contributed by atoms with E-state index in [0.29, 0.717) is 0 Å². The molecule has 0 aliphatic heterocycles. The van der Waals surface area contributed by atoms with Crippen LogP contribution in [0.1, 0.15) is 0 Å². The van der Waals surface area contributed by atoms with Crippen LogP contribution in [0, 0.1) is 3.57 Å². The number of halogens is 2. The van der Waals surface area contributed by atoms with Gasteiger partial charge in [-0.1, -0.05) is 29.8 Å². The lowest BCUT2D eigenvalue weighted by Gasteiger charge is -2.25. The fourth-order valence-corrected chi connectivity index (χ4v) is 2.69. The van der Waals surface area contributed by atoms with Crippen LogP contribution in [-0.4, -0.2) is 0 Å². The summed E-state index contributed by atoms with van der Waals surface area (Å²) in [4.78, 5) is 2.21. The van der Waals surface area contributed by atoms with E-state index in [1.54, 1.807) is 0 Å². The summed E-state index contributed by atoms with van der Waals surface area (Å²) in [7, 11) is 0. The van der Waals surface area contributed by atoms with Gasteiger partial charge in [-0.25, -0.2) is 0 Å². The standard InChI is InChI=1S/C18H13ClIN/c19-14-6-10-17(11-7-14)21(16-4-2-1-3-5-16)18-12-8-15(20)9-13-18/h1-13H. The van der Waals surface area contributed by atoms with Crippen LogP contribution >= 0.6 is 34.2 Å². The summed E-state index contributed by atoms with van der Waals surface area (Å²) in [5, 5.41) is 0.745. The molecule has 0 aromatic heterocycles. The van der Waals surface area contributed by atoms with E-state index < -0.39 is 0 Å². The second-order valence-corrected chi connectivity index (χ2v) is 6.31. The SMILES string of the molecule is Clc1ccc(N(c2ccccc2)c2ccc(I)cc2)cc1. The van der Waals surface area contributed by atoms with Crippen molar-refractivity contribution in [2.24, 2.45) is 0 Å². The Morgan fingerprint density at radius 3 is 1.67 bits per heavy atom. The molecule has 0 spiro atoms. The first-order chi connectivity index (χ1) is 10.2. The molecule has 0 saturated carbocycles. The largest absolute Gasteiger partial charge is 0.311 e. The van der Waals surface area contributed by atoms with E-state index in [0.717, 1.165) is 22.1 Å². The van der Waals surface area contributed by atoms with Crippen molar-refractivity contribution in [1.82, 2.24) is 0 Å². The number of hydrogen-bond acceptors (Lipinski definition) is 1. The van der Waals surface area contributed by atoms with Gasteiger partial charge in [-0.3, -0.25) is 0 Å². The molecule has 0 saturated heterocycles. The predicted octanol–water partition coefficient (Wildman–Crippen LogP) is 6.41. The molecule has 1 nitrogen and oxygen atoms in total. The topological polar surface area (TPSA) is 3.24 Å². The van der Waals surface area contributed by atoms with Crippen LogP contribution in [-0.2, 0) is 0 Å². The van der Waals surface area contributed by atoms with Crippen molar-refractivity contribution in [1.29, 1.82) is 0 Å². The third-order valence-corrected chi connectivity index (χ3v) is 4.16. The van der Waals surface area contributed by atoms with E-state index in [4.69, 9.17) is 11.6 Å². The molecule has 3 heteroatoms. The van der Waals surface area contributed by atoms with Gasteiger partial charge in [0.15, 0.2) is 0 Å². The van der Waals surface area contributed by atoms with E-state index >= 15 is 0 Å². The first kappa shape index (κ1) is 14.4. The highest BCUT2D eigenvalue weighted by molar-refractivity contribution is 14.1. The Morgan fingerprint density at radius 2 is 1.10 bits per heavy atom. The summed E-state index contributed by atoms with van der Waals surface area (Å²) in [5.41, 5.74) is 3.34. The molecule has 0 atom stereocenters. The Hall–Kier alpha value is -1.52. The number of para-hydroxylation sites is 1. The average Bonchev–Trinajstić information content (AvgIpc) is 2.52. The first-order valence-electron chi connectivity index (χ1n) is 6.60. The molecule has 0 N–H and O–H groups in total. The van der Waals surface area contributed by atoms with Gasteiger partial charge in [-0.15, -0.1) is 0 Å². The second-order valence-electron chi connectivity index (χ2n) is 4.62. The number of nitrogens with zero attached hydrogens (tertiary/aromatic N) is 1. The minimum Gasteiger partial charge on any atom is -0.311 e. The molecule has 3 aromatic rings. The molecule has 3 rings (SSSR count). The van der Waals surface area contributed by atoms with Gasteiger partial charge in [0.2, 0.25) is 0 Å². The van der Waals surface area contributed by atoms with Crippen molar-refractivity contribution < 1.29 is 0 Å². The van der Waals surface area contributed by atoms with Gasteiger partial charge >= 0.3 is 0 Å².